The molecular weight excluding hydrogens is 362 g/mol. The molecule has 3 saturated heterocycles. The van der Waals surface area contributed by atoms with Crippen LogP contribution >= 0.6 is 0 Å². The molecule has 4 rings (SSSR count). The van der Waals surface area contributed by atoms with Gasteiger partial charge >= 0.3 is 6.03 Å². The summed E-state index contributed by atoms with van der Waals surface area (Å²) in [5.74, 6) is 0.196. The highest BCUT2D eigenvalue weighted by molar-refractivity contribution is 5.79. The van der Waals surface area contributed by atoms with Crippen LogP contribution in [0.4, 0.5) is 4.79 Å². The van der Waals surface area contributed by atoms with E-state index >= 15 is 0 Å². The van der Waals surface area contributed by atoms with Crippen LogP contribution in [0, 0.1) is 0 Å². The normalized spacial score (nSPS) is 30.7. The maximum Gasteiger partial charge on any atom is 0.317 e. The van der Waals surface area contributed by atoms with Crippen LogP contribution in [0.3, 0.4) is 0 Å². The molecule has 0 saturated carbocycles. The van der Waals surface area contributed by atoms with E-state index in [1.54, 1.807) is 23.1 Å². The summed E-state index contributed by atoms with van der Waals surface area (Å²) in [6, 6.07) is 6.44. The molecule has 1 aromatic carbocycles. The minimum atomic E-state index is -0.272. The van der Waals surface area contributed by atoms with Gasteiger partial charge in [-0.1, -0.05) is 12.1 Å². The average molecular weight is 389 g/mol. The summed E-state index contributed by atoms with van der Waals surface area (Å²) in [6.45, 7) is 2.06. The third-order valence-corrected chi connectivity index (χ3v) is 5.71. The number of carbonyl (C=O) groups is 2. The van der Waals surface area contributed by atoms with Crippen molar-refractivity contribution in [3.8, 4) is 5.75 Å². The third kappa shape index (κ3) is 4.23. The lowest BCUT2D eigenvalue weighted by molar-refractivity contribution is -0.125. The molecule has 3 amide bonds. The van der Waals surface area contributed by atoms with E-state index in [4.69, 9.17) is 9.47 Å². The predicted molar refractivity (Wildman–Crippen MR) is 101 cm³/mol. The first-order valence-electron chi connectivity index (χ1n) is 9.97. The highest BCUT2D eigenvalue weighted by Crippen LogP contribution is 2.26. The number of nitrogens with zero attached hydrogens (tertiary/aromatic N) is 1. The quantitative estimate of drug-likeness (QED) is 0.724. The second-order valence-electron chi connectivity index (χ2n) is 7.64. The number of benzene rings is 1. The number of piperidine rings is 1. The zero-order valence-corrected chi connectivity index (χ0v) is 15.8. The predicted octanol–water partition coefficient (Wildman–Crippen LogP) is 1.30. The Balaban J connectivity index is 1.39. The van der Waals surface area contributed by atoms with Crippen LogP contribution in [0.25, 0.3) is 0 Å². The molecule has 4 unspecified atom stereocenters. The molecule has 28 heavy (non-hydrogen) atoms. The van der Waals surface area contributed by atoms with Crippen molar-refractivity contribution < 1.29 is 24.2 Å². The second kappa shape index (κ2) is 8.36. The molecular formula is C20H27N3O5. The number of urea groups is 1. The summed E-state index contributed by atoms with van der Waals surface area (Å²) in [5, 5.41) is 15.8. The molecule has 3 aliphatic heterocycles. The summed E-state index contributed by atoms with van der Waals surface area (Å²) < 4.78 is 11.6. The van der Waals surface area contributed by atoms with E-state index in [1.165, 1.54) is 0 Å². The standard InChI is InChI=1S/C20H27N3O5/c24-14-4-1-3-13(11-14)17-12-23(8-10-28-17)20(26)21-15-6-7-18(25)22-19(15)16-5-2-9-27-16/h1,3-4,11,15-17,19,24H,2,5-10,12H2,(H,21,26)(H,22,25). The van der Waals surface area contributed by atoms with Crippen LogP contribution in [0.2, 0.25) is 0 Å². The number of carbonyl (C=O) groups excluding carboxylic acids is 2. The Hall–Kier alpha value is -2.32. The smallest absolute Gasteiger partial charge is 0.317 e. The monoisotopic (exact) mass is 389 g/mol. The van der Waals surface area contributed by atoms with Crippen molar-refractivity contribution >= 4 is 11.9 Å². The minimum Gasteiger partial charge on any atom is -0.508 e. The van der Waals surface area contributed by atoms with Gasteiger partial charge in [-0.2, -0.15) is 0 Å². The van der Waals surface area contributed by atoms with Crippen molar-refractivity contribution in [3.05, 3.63) is 29.8 Å². The molecule has 0 aliphatic carbocycles. The molecule has 8 heteroatoms. The van der Waals surface area contributed by atoms with Gasteiger partial charge in [-0.25, -0.2) is 4.79 Å². The molecule has 3 N–H and O–H groups in total. The molecule has 1 aromatic rings. The lowest BCUT2D eigenvalue weighted by Crippen LogP contribution is -2.62. The topological polar surface area (TPSA) is 100 Å². The largest absolute Gasteiger partial charge is 0.508 e. The molecule has 3 fully saturated rings. The number of morpholine rings is 1. The number of aromatic hydroxyl groups is 1. The van der Waals surface area contributed by atoms with E-state index in [-0.39, 0.29) is 42.0 Å². The van der Waals surface area contributed by atoms with Gasteiger partial charge in [0.15, 0.2) is 0 Å². The molecule has 0 spiro atoms. The van der Waals surface area contributed by atoms with Crippen molar-refractivity contribution in [1.29, 1.82) is 0 Å². The minimum absolute atomic E-state index is 0.0151. The Bertz CT molecular complexity index is 722. The summed E-state index contributed by atoms with van der Waals surface area (Å²) in [6.07, 6.45) is 2.58. The van der Waals surface area contributed by atoms with Crippen LogP contribution in [0.15, 0.2) is 24.3 Å². The van der Waals surface area contributed by atoms with E-state index in [9.17, 15) is 14.7 Å². The number of amides is 3. The van der Waals surface area contributed by atoms with E-state index in [0.29, 0.717) is 39.1 Å². The third-order valence-electron chi connectivity index (χ3n) is 5.71. The zero-order valence-electron chi connectivity index (χ0n) is 15.8. The van der Waals surface area contributed by atoms with Gasteiger partial charge in [0, 0.05) is 19.6 Å². The number of phenolic OH excluding ortho intramolecular Hbond substituents is 1. The number of nitrogens with one attached hydrogen (secondary N) is 2. The lowest BCUT2D eigenvalue weighted by atomic mass is 9.92. The molecule has 152 valence electrons. The second-order valence-corrected chi connectivity index (χ2v) is 7.64. The molecule has 3 heterocycles. The Morgan fingerprint density at radius 3 is 2.93 bits per heavy atom. The van der Waals surface area contributed by atoms with Crippen LogP contribution < -0.4 is 10.6 Å². The lowest BCUT2D eigenvalue weighted by Gasteiger charge is -2.39. The molecule has 0 radical (unpaired) electrons. The van der Waals surface area contributed by atoms with Crippen LogP contribution in [0.1, 0.15) is 37.4 Å². The van der Waals surface area contributed by atoms with Gasteiger partial charge in [-0.15, -0.1) is 0 Å². The highest BCUT2D eigenvalue weighted by atomic mass is 16.5. The van der Waals surface area contributed by atoms with Crippen molar-refractivity contribution in [2.24, 2.45) is 0 Å². The van der Waals surface area contributed by atoms with Crippen molar-refractivity contribution in [3.63, 3.8) is 0 Å². The zero-order chi connectivity index (χ0) is 19.5. The number of ether oxygens (including phenoxy) is 2. The SMILES string of the molecule is O=C1CCC(NC(=O)N2CCOC(c3cccc(O)c3)C2)C(C2CCCO2)N1. The number of rotatable bonds is 3. The fourth-order valence-corrected chi connectivity index (χ4v) is 4.23. The number of hydrogen-bond donors (Lipinski definition) is 3. The van der Waals surface area contributed by atoms with E-state index < -0.39 is 0 Å². The van der Waals surface area contributed by atoms with Crippen LogP contribution in [-0.2, 0) is 14.3 Å². The van der Waals surface area contributed by atoms with Gasteiger partial charge in [0.2, 0.25) is 5.91 Å². The fourth-order valence-electron chi connectivity index (χ4n) is 4.23. The van der Waals surface area contributed by atoms with Gasteiger partial charge in [-0.3, -0.25) is 4.79 Å². The highest BCUT2D eigenvalue weighted by Gasteiger charge is 2.38. The van der Waals surface area contributed by atoms with E-state index in [1.807, 2.05) is 6.07 Å². The first-order valence-corrected chi connectivity index (χ1v) is 9.97. The van der Waals surface area contributed by atoms with Gasteiger partial charge in [0.1, 0.15) is 11.9 Å². The fraction of sp³-hybridized carbons (Fsp3) is 0.600. The number of hydrogen-bond acceptors (Lipinski definition) is 5. The van der Waals surface area contributed by atoms with Gasteiger partial charge in [0.25, 0.3) is 0 Å². The molecule has 0 bridgehead atoms. The van der Waals surface area contributed by atoms with Crippen LogP contribution in [0.5, 0.6) is 5.75 Å². The van der Waals surface area contributed by atoms with E-state index in [2.05, 4.69) is 10.6 Å². The molecule has 4 atom stereocenters. The van der Waals surface area contributed by atoms with E-state index in [0.717, 1.165) is 18.4 Å². The Kier molecular flexibility index (Phi) is 5.68. The Morgan fingerprint density at radius 1 is 1.25 bits per heavy atom. The first kappa shape index (κ1) is 19.0. The molecule has 8 nitrogen and oxygen atoms in total. The average Bonchev–Trinajstić information content (AvgIpc) is 3.24. The van der Waals surface area contributed by atoms with Gasteiger partial charge < -0.3 is 30.1 Å². The summed E-state index contributed by atoms with van der Waals surface area (Å²) >= 11 is 0. The van der Waals surface area contributed by atoms with Gasteiger partial charge in [-0.05, 0) is 37.0 Å². The first-order chi connectivity index (χ1) is 13.6. The van der Waals surface area contributed by atoms with Crippen LogP contribution in [-0.4, -0.2) is 66.4 Å². The molecule has 0 aromatic heterocycles. The van der Waals surface area contributed by atoms with Gasteiger partial charge in [0.05, 0.1) is 31.3 Å². The Morgan fingerprint density at radius 2 is 2.14 bits per heavy atom. The van der Waals surface area contributed by atoms with Crippen molar-refractivity contribution in [1.82, 2.24) is 15.5 Å². The van der Waals surface area contributed by atoms with Crippen molar-refractivity contribution in [2.45, 2.75) is 50.0 Å². The summed E-state index contributed by atoms with van der Waals surface area (Å²) in [7, 11) is 0. The summed E-state index contributed by atoms with van der Waals surface area (Å²) in [4.78, 5) is 26.5. The molecule has 3 aliphatic rings. The Labute approximate surface area is 164 Å². The maximum atomic E-state index is 12.9. The van der Waals surface area contributed by atoms with Crippen molar-refractivity contribution in [2.75, 3.05) is 26.3 Å². The number of phenols is 1. The maximum absolute atomic E-state index is 12.9. The summed E-state index contributed by atoms with van der Waals surface area (Å²) in [5.41, 5.74) is 0.847.